The Morgan fingerprint density at radius 2 is 1.52 bits per heavy atom. The second-order valence-corrected chi connectivity index (χ2v) is 6.38. The number of amides is 1. The van der Waals surface area contributed by atoms with E-state index in [-0.39, 0.29) is 5.91 Å². The first-order valence-electron chi connectivity index (χ1n) is 8.35. The van der Waals surface area contributed by atoms with E-state index < -0.39 is 0 Å². The number of carbonyl (C=O) groups excluding carboxylic acids is 1. The molecule has 3 rings (SSSR count). The van der Waals surface area contributed by atoms with Gasteiger partial charge in [0.05, 0.1) is 6.42 Å². The first-order valence-corrected chi connectivity index (χ1v) is 8.35. The van der Waals surface area contributed by atoms with Crippen molar-refractivity contribution in [3.8, 4) is 11.1 Å². The van der Waals surface area contributed by atoms with Crippen LogP contribution in [0.4, 0.5) is 0 Å². The van der Waals surface area contributed by atoms with Crippen molar-refractivity contribution < 1.29 is 4.79 Å². The Morgan fingerprint density at radius 3 is 2.04 bits per heavy atom. The number of carbonyl (C=O) groups is 1. The van der Waals surface area contributed by atoms with E-state index in [9.17, 15) is 4.79 Å². The van der Waals surface area contributed by atoms with E-state index in [4.69, 9.17) is 5.73 Å². The fourth-order valence-electron chi connectivity index (χ4n) is 3.31. The third-order valence-electron chi connectivity index (χ3n) is 4.75. The summed E-state index contributed by atoms with van der Waals surface area (Å²) < 4.78 is 0. The molecule has 3 heteroatoms. The van der Waals surface area contributed by atoms with Crippen molar-refractivity contribution in [1.29, 1.82) is 0 Å². The van der Waals surface area contributed by atoms with Gasteiger partial charge < -0.3 is 5.73 Å². The molecule has 1 heterocycles. The van der Waals surface area contributed by atoms with Gasteiger partial charge in [0.2, 0.25) is 5.91 Å². The molecule has 0 unspecified atom stereocenters. The van der Waals surface area contributed by atoms with Crippen LogP contribution in [0.1, 0.15) is 36.9 Å². The van der Waals surface area contributed by atoms with Crippen LogP contribution in [0.3, 0.4) is 0 Å². The van der Waals surface area contributed by atoms with Crippen LogP contribution in [0.25, 0.3) is 11.1 Å². The summed E-state index contributed by atoms with van der Waals surface area (Å²) in [6.07, 6.45) is 2.94. The van der Waals surface area contributed by atoms with Gasteiger partial charge in [-0.25, -0.2) is 0 Å². The van der Waals surface area contributed by atoms with Gasteiger partial charge in [-0.15, -0.1) is 0 Å². The van der Waals surface area contributed by atoms with Crippen molar-refractivity contribution in [2.75, 3.05) is 13.1 Å². The average Bonchev–Trinajstić information content (AvgIpc) is 3.09. The van der Waals surface area contributed by atoms with Gasteiger partial charge in [-0.05, 0) is 55.1 Å². The summed E-state index contributed by atoms with van der Waals surface area (Å²) in [5, 5.41) is 0. The Kier molecular flexibility index (Phi) is 4.77. The fourth-order valence-corrected chi connectivity index (χ4v) is 3.31. The minimum absolute atomic E-state index is 0.294. The maximum atomic E-state index is 11.0. The topological polar surface area (TPSA) is 46.3 Å². The van der Waals surface area contributed by atoms with E-state index in [1.165, 1.54) is 42.6 Å². The van der Waals surface area contributed by atoms with Crippen molar-refractivity contribution >= 4 is 5.91 Å². The van der Waals surface area contributed by atoms with E-state index in [0.717, 1.165) is 5.56 Å². The number of likely N-dealkylation sites (tertiary alicyclic amines) is 1. The molecule has 0 spiro atoms. The second kappa shape index (κ2) is 6.97. The summed E-state index contributed by atoms with van der Waals surface area (Å²) in [7, 11) is 0. The van der Waals surface area contributed by atoms with E-state index in [0.29, 0.717) is 12.5 Å². The highest BCUT2D eigenvalue weighted by atomic mass is 16.1. The predicted octanol–water partition coefficient (Wildman–Crippen LogP) is 3.54. The van der Waals surface area contributed by atoms with Crippen LogP contribution >= 0.6 is 0 Å². The summed E-state index contributed by atoms with van der Waals surface area (Å²) in [5.41, 5.74) is 9.93. The molecule has 1 saturated heterocycles. The molecule has 1 aliphatic heterocycles. The third-order valence-corrected chi connectivity index (χ3v) is 4.75. The van der Waals surface area contributed by atoms with Gasteiger partial charge in [0.1, 0.15) is 0 Å². The Balaban J connectivity index is 1.72. The first-order chi connectivity index (χ1) is 11.1. The summed E-state index contributed by atoms with van der Waals surface area (Å²) >= 11 is 0. The molecular formula is C20H24N2O. The zero-order valence-electron chi connectivity index (χ0n) is 13.7. The van der Waals surface area contributed by atoms with Crippen LogP contribution in [-0.2, 0) is 11.2 Å². The molecule has 1 aliphatic rings. The molecule has 0 radical (unpaired) electrons. The lowest BCUT2D eigenvalue weighted by molar-refractivity contribution is -0.117. The molecule has 2 aromatic rings. The van der Waals surface area contributed by atoms with Crippen LogP contribution in [0.5, 0.6) is 0 Å². The van der Waals surface area contributed by atoms with Gasteiger partial charge in [-0.3, -0.25) is 9.69 Å². The molecule has 1 amide bonds. The van der Waals surface area contributed by atoms with Crippen molar-refractivity contribution in [1.82, 2.24) is 4.90 Å². The zero-order chi connectivity index (χ0) is 16.2. The standard InChI is InChI=1S/C20H24N2O/c1-15(22-12-2-3-13-22)17-8-10-19(11-9-17)18-6-4-16(5-7-18)14-20(21)23/h4-11,15H,2-3,12-14H2,1H3,(H2,21,23)/t15-/m1/s1. The van der Waals surface area contributed by atoms with Gasteiger partial charge in [0.25, 0.3) is 0 Å². The van der Waals surface area contributed by atoms with Crippen LogP contribution in [0.15, 0.2) is 48.5 Å². The monoisotopic (exact) mass is 308 g/mol. The Bertz CT molecular complexity index is 655. The maximum Gasteiger partial charge on any atom is 0.221 e. The Hall–Kier alpha value is -2.13. The number of hydrogen-bond acceptors (Lipinski definition) is 2. The average molecular weight is 308 g/mol. The van der Waals surface area contributed by atoms with E-state index in [1.807, 2.05) is 12.1 Å². The summed E-state index contributed by atoms with van der Waals surface area (Å²) in [6, 6.07) is 17.4. The highest BCUT2D eigenvalue weighted by Gasteiger charge is 2.19. The van der Waals surface area contributed by atoms with E-state index >= 15 is 0 Å². The van der Waals surface area contributed by atoms with Gasteiger partial charge in [0, 0.05) is 6.04 Å². The molecule has 0 bridgehead atoms. The largest absolute Gasteiger partial charge is 0.369 e. The molecule has 3 nitrogen and oxygen atoms in total. The SMILES string of the molecule is C[C@H](c1ccc(-c2ccc(CC(N)=O)cc2)cc1)N1CCCC1. The van der Waals surface area contributed by atoms with Crippen LogP contribution in [-0.4, -0.2) is 23.9 Å². The van der Waals surface area contributed by atoms with Crippen molar-refractivity contribution in [3.63, 3.8) is 0 Å². The summed E-state index contributed by atoms with van der Waals surface area (Å²) in [4.78, 5) is 13.5. The van der Waals surface area contributed by atoms with Crippen molar-refractivity contribution in [2.24, 2.45) is 5.73 Å². The Morgan fingerprint density at radius 1 is 1.00 bits per heavy atom. The molecule has 0 aliphatic carbocycles. The second-order valence-electron chi connectivity index (χ2n) is 6.38. The van der Waals surface area contributed by atoms with E-state index in [2.05, 4.69) is 48.2 Å². The number of rotatable bonds is 5. The highest BCUT2D eigenvalue weighted by Crippen LogP contribution is 2.27. The minimum atomic E-state index is -0.294. The van der Waals surface area contributed by atoms with Crippen LogP contribution in [0.2, 0.25) is 0 Å². The fraction of sp³-hybridized carbons (Fsp3) is 0.350. The first kappa shape index (κ1) is 15.8. The van der Waals surface area contributed by atoms with Crippen LogP contribution < -0.4 is 5.73 Å². The highest BCUT2D eigenvalue weighted by molar-refractivity contribution is 5.77. The number of hydrogen-bond donors (Lipinski definition) is 1. The van der Waals surface area contributed by atoms with Gasteiger partial charge >= 0.3 is 0 Å². The van der Waals surface area contributed by atoms with Crippen molar-refractivity contribution in [2.45, 2.75) is 32.2 Å². The molecule has 2 aromatic carbocycles. The third kappa shape index (κ3) is 3.80. The Labute approximate surface area is 138 Å². The molecular weight excluding hydrogens is 284 g/mol. The molecule has 23 heavy (non-hydrogen) atoms. The van der Waals surface area contributed by atoms with E-state index in [1.54, 1.807) is 0 Å². The van der Waals surface area contributed by atoms with Gasteiger partial charge in [0.15, 0.2) is 0 Å². The maximum absolute atomic E-state index is 11.0. The molecule has 1 fully saturated rings. The lowest BCUT2D eigenvalue weighted by Gasteiger charge is -2.24. The number of primary amides is 1. The molecule has 1 atom stereocenters. The number of nitrogens with two attached hydrogens (primary N) is 1. The zero-order valence-corrected chi connectivity index (χ0v) is 13.7. The number of benzene rings is 2. The lowest BCUT2D eigenvalue weighted by Crippen LogP contribution is -2.23. The summed E-state index contributed by atoms with van der Waals surface area (Å²) in [5.74, 6) is -0.294. The van der Waals surface area contributed by atoms with Crippen molar-refractivity contribution in [3.05, 3.63) is 59.7 Å². The van der Waals surface area contributed by atoms with Gasteiger partial charge in [-0.2, -0.15) is 0 Å². The molecule has 120 valence electrons. The molecule has 0 saturated carbocycles. The minimum Gasteiger partial charge on any atom is -0.369 e. The molecule has 0 aromatic heterocycles. The normalized spacial score (nSPS) is 16.4. The summed E-state index contributed by atoms with van der Waals surface area (Å²) in [6.45, 7) is 4.72. The quantitative estimate of drug-likeness (QED) is 0.918. The predicted molar refractivity (Wildman–Crippen MR) is 94.0 cm³/mol. The number of nitrogens with zero attached hydrogens (tertiary/aromatic N) is 1. The molecule has 2 N–H and O–H groups in total. The van der Waals surface area contributed by atoms with Crippen LogP contribution in [0, 0.1) is 0 Å². The van der Waals surface area contributed by atoms with Gasteiger partial charge in [-0.1, -0.05) is 48.5 Å². The smallest absolute Gasteiger partial charge is 0.221 e. The lowest BCUT2D eigenvalue weighted by atomic mass is 9.99.